The summed E-state index contributed by atoms with van der Waals surface area (Å²) in [7, 11) is 1.61. The summed E-state index contributed by atoms with van der Waals surface area (Å²) in [6.07, 6.45) is 2.98. The van der Waals surface area contributed by atoms with E-state index in [-0.39, 0.29) is 29.5 Å². The molecular formula is C20H23N3O4. The van der Waals surface area contributed by atoms with E-state index in [1.807, 2.05) is 24.3 Å². The molecule has 7 nitrogen and oxygen atoms in total. The first-order valence-electron chi connectivity index (χ1n) is 9.28. The van der Waals surface area contributed by atoms with Crippen LogP contribution in [-0.4, -0.2) is 42.1 Å². The molecule has 2 aromatic rings. The number of benzene rings is 1. The fourth-order valence-corrected chi connectivity index (χ4v) is 3.49. The molecule has 1 amide bonds. The number of rotatable bonds is 5. The van der Waals surface area contributed by atoms with E-state index >= 15 is 0 Å². The van der Waals surface area contributed by atoms with Crippen LogP contribution in [0, 0.1) is 5.92 Å². The van der Waals surface area contributed by atoms with Crippen LogP contribution in [-0.2, 0) is 9.53 Å². The zero-order chi connectivity index (χ0) is 18.8. The minimum Gasteiger partial charge on any atom is -0.497 e. The van der Waals surface area contributed by atoms with Crippen LogP contribution < -0.4 is 15.6 Å². The summed E-state index contributed by atoms with van der Waals surface area (Å²) in [6.45, 7) is 0.741. The lowest BCUT2D eigenvalue weighted by atomic mass is 9.84. The largest absolute Gasteiger partial charge is 0.497 e. The number of hydrogen-bond donors (Lipinski definition) is 1. The van der Waals surface area contributed by atoms with Crippen LogP contribution in [0.1, 0.15) is 25.3 Å². The van der Waals surface area contributed by atoms with Crippen molar-refractivity contribution in [1.29, 1.82) is 0 Å². The van der Waals surface area contributed by atoms with Crippen molar-refractivity contribution in [3.05, 3.63) is 46.8 Å². The number of ether oxygens (including phenoxy) is 2. The van der Waals surface area contributed by atoms with Crippen molar-refractivity contribution in [2.75, 3.05) is 20.3 Å². The van der Waals surface area contributed by atoms with Crippen molar-refractivity contribution < 1.29 is 14.3 Å². The second-order valence-electron chi connectivity index (χ2n) is 7.08. The molecule has 1 saturated heterocycles. The monoisotopic (exact) mass is 369 g/mol. The van der Waals surface area contributed by atoms with Crippen LogP contribution in [0.5, 0.6) is 5.75 Å². The van der Waals surface area contributed by atoms with Crippen LogP contribution >= 0.6 is 0 Å². The van der Waals surface area contributed by atoms with Crippen LogP contribution in [0.4, 0.5) is 0 Å². The minimum absolute atomic E-state index is 0.0544. The maximum Gasteiger partial charge on any atom is 0.267 e. The van der Waals surface area contributed by atoms with Gasteiger partial charge in [0.05, 0.1) is 32.1 Å². The van der Waals surface area contributed by atoms with Gasteiger partial charge in [0.25, 0.3) is 5.56 Å². The van der Waals surface area contributed by atoms with Crippen LogP contribution in [0.15, 0.2) is 41.2 Å². The van der Waals surface area contributed by atoms with E-state index in [4.69, 9.17) is 9.47 Å². The molecule has 1 aliphatic carbocycles. The fraction of sp³-hybridized carbons (Fsp3) is 0.450. The van der Waals surface area contributed by atoms with Gasteiger partial charge in [0.2, 0.25) is 5.91 Å². The van der Waals surface area contributed by atoms with Gasteiger partial charge in [0.1, 0.15) is 11.8 Å². The Morgan fingerprint density at radius 1 is 1.26 bits per heavy atom. The topological polar surface area (TPSA) is 82.5 Å². The number of nitrogens with zero attached hydrogens (tertiary/aromatic N) is 2. The van der Waals surface area contributed by atoms with Crippen molar-refractivity contribution in [3.8, 4) is 17.0 Å². The standard InChI is InChI=1S/C20H23N3O4/c1-26-15-7-3-6-14(10-15)16-8-9-19(24)23(22-16)18-12-27-11-17(18)21-20(25)13-4-2-5-13/h3,6-10,13,17-18H,2,4-5,11-12H2,1H3,(H,21,25). The highest BCUT2D eigenvalue weighted by atomic mass is 16.5. The second-order valence-corrected chi connectivity index (χ2v) is 7.08. The Morgan fingerprint density at radius 2 is 2.11 bits per heavy atom. The molecule has 4 rings (SSSR count). The van der Waals surface area contributed by atoms with Gasteiger partial charge in [-0.2, -0.15) is 5.10 Å². The smallest absolute Gasteiger partial charge is 0.267 e. The van der Waals surface area contributed by atoms with E-state index in [1.165, 1.54) is 10.7 Å². The lowest BCUT2D eigenvalue weighted by Gasteiger charge is -2.27. The summed E-state index contributed by atoms with van der Waals surface area (Å²) in [5.74, 6) is 0.875. The maximum absolute atomic E-state index is 12.5. The average molecular weight is 369 g/mol. The van der Waals surface area contributed by atoms with E-state index in [0.29, 0.717) is 18.9 Å². The average Bonchev–Trinajstić information content (AvgIpc) is 3.08. The number of methoxy groups -OCH3 is 1. The Morgan fingerprint density at radius 3 is 2.85 bits per heavy atom. The van der Waals surface area contributed by atoms with Gasteiger partial charge >= 0.3 is 0 Å². The third-order valence-corrected chi connectivity index (χ3v) is 5.36. The molecular weight excluding hydrogens is 346 g/mol. The third kappa shape index (κ3) is 3.60. The molecule has 1 saturated carbocycles. The molecule has 1 aliphatic heterocycles. The molecule has 27 heavy (non-hydrogen) atoms. The zero-order valence-electron chi connectivity index (χ0n) is 15.3. The van der Waals surface area contributed by atoms with Crippen molar-refractivity contribution in [2.45, 2.75) is 31.3 Å². The van der Waals surface area contributed by atoms with Crippen molar-refractivity contribution in [2.24, 2.45) is 5.92 Å². The Bertz CT molecular complexity index is 891. The molecule has 0 radical (unpaired) electrons. The number of amides is 1. The third-order valence-electron chi connectivity index (χ3n) is 5.36. The summed E-state index contributed by atoms with van der Waals surface area (Å²) in [5, 5.41) is 7.60. The SMILES string of the molecule is COc1cccc(-c2ccc(=O)n(C3COCC3NC(=O)C3CCC3)n2)c1. The number of nitrogens with one attached hydrogen (secondary N) is 1. The van der Waals surface area contributed by atoms with E-state index < -0.39 is 0 Å². The highest BCUT2D eigenvalue weighted by Gasteiger charge is 2.35. The quantitative estimate of drug-likeness (QED) is 0.869. The summed E-state index contributed by atoms with van der Waals surface area (Å²) >= 11 is 0. The molecule has 2 fully saturated rings. The molecule has 1 N–H and O–H groups in total. The predicted octanol–water partition coefficient (Wildman–Crippen LogP) is 1.78. The van der Waals surface area contributed by atoms with E-state index in [2.05, 4.69) is 10.4 Å². The second kappa shape index (κ2) is 7.52. The lowest BCUT2D eigenvalue weighted by Crippen LogP contribution is -2.47. The van der Waals surface area contributed by atoms with Gasteiger partial charge in [0, 0.05) is 17.5 Å². The van der Waals surface area contributed by atoms with Gasteiger partial charge in [-0.25, -0.2) is 4.68 Å². The minimum atomic E-state index is -0.313. The van der Waals surface area contributed by atoms with Crippen LogP contribution in [0.2, 0.25) is 0 Å². The first kappa shape index (κ1) is 17.7. The summed E-state index contributed by atoms with van der Waals surface area (Å²) in [6, 6.07) is 10.2. The van der Waals surface area contributed by atoms with Crippen LogP contribution in [0.3, 0.4) is 0 Å². The van der Waals surface area contributed by atoms with Gasteiger partial charge in [-0.3, -0.25) is 9.59 Å². The van der Waals surface area contributed by atoms with Gasteiger partial charge in [-0.15, -0.1) is 0 Å². The molecule has 2 heterocycles. The van der Waals surface area contributed by atoms with Crippen molar-refractivity contribution in [3.63, 3.8) is 0 Å². The van der Waals surface area contributed by atoms with Gasteiger partial charge in [-0.1, -0.05) is 18.6 Å². The van der Waals surface area contributed by atoms with Gasteiger partial charge in [-0.05, 0) is 31.0 Å². The summed E-state index contributed by atoms with van der Waals surface area (Å²) < 4.78 is 12.3. The molecule has 2 unspecified atom stereocenters. The van der Waals surface area contributed by atoms with Crippen molar-refractivity contribution >= 4 is 5.91 Å². The van der Waals surface area contributed by atoms with E-state index in [9.17, 15) is 9.59 Å². The number of hydrogen-bond acceptors (Lipinski definition) is 5. The Balaban J connectivity index is 1.60. The molecule has 142 valence electrons. The molecule has 2 aliphatic rings. The molecule has 0 bridgehead atoms. The normalized spacial score (nSPS) is 22.3. The molecule has 7 heteroatoms. The molecule has 1 aromatic carbocycles. The predicted molar refractivity (Wildman–Crippen MR) is 99.6 cm³/mol. The number of aromatic nitrogens is 2. The van der Waals surface area contributed by atoms with Crippen LogP contribution in [0.25, 0.3) is 11.3 Å². The van der Waals surface area contributed by atoms with Gasteiger partial charge in [0.15, 0.2) is 0 Å². The fourth-order valence-electron chi connectivity index (χ4n) is 3.49. The highest BCUT2D eigenvalue weighted by molar-refractivity contribution is 5.79. The highest BCUT2D eigenvalue weighted by Crippen LogP contribution is 2.28. The van der Waals surface area contributed by atoms with Gasteiger partial charge < -0.3 is 14.8 Å². The Hall–Kier alpha value is -2.67. The summed E-state index contributed by atoms with van der Waals surface area (Å²) in [5.41, 5.74) is 1.32. The first-order chi connectivity index (χ1) is 13.2. The first-order valence-corrected chi connectivity index (χ1v) is 9.28. The number of carbonyl (C=O) groups is 1. The Labute approximate surface area is 157 Å². The molecule has 0 spiro atoms. The van der Waals surface area contributed by atoms with Crippen molar-refractivity contribution in [1.82, 2.24) is 15.1 Å². The molecule has 2 atom stereocenters. The Kier molecular flexibility index (Phi) is 4.94. The summed E-state index contributed by atoms with van der Waals surface area (Å²) in [4.78, 5) is 24.8. The zero-order valence-corrected chi connectivity index (χ0v) is 15.3. The number of carbonyl (C=O) groups excluding carboxylic acids is 1. The lowest BCUT2D eigenvalue weighted by molar-refractivity contribution is -0.128. The van der Waals surface area contributed by atoms with E-state index in [1.54, 1.807) is 13.2 Å². The maximum atomic E-state index is 12.5. The van der Waals surface area contributed by atoms with E-state index in [0.717, 1.165) is 30.6 Å². The molecule has 1 aromatic heterocycles.